The molecule has 1 spiro atoms. The molecule has 1 amide bonds. The van der Waals surface area contributed by atoms with Crippen molar-refractivity contribution in [3.05, 3.63) is 105 Å². The van der Waals surface area contributed by atoms with Gasteiger partial charge in [-0.1, -0.05) is 48.5 Å². The van der Waals surface area contributed by atoms with Crippen LogP contribution in [0.4, 0.5) is 5.69 Å². The van der Waals surface area contributed by atoms with E-state index in [9.17, 15) is 20.2 Å². The van der Waals surface area contributed by atoms with Crippen molar-refractivity contribution in [1.29, 1.82) is 5.26 Å². The molecular weight excluding hydrogens is 456 g/mol. The first kappa shape index (κ1) is 22.3. The minimum absolute atomic E-state index is 0.105. The van der Waals surface area contributed by atoms with Crippen LogP contribution in [0.15, 0.2) is 72.8 Å². The predicted molar refractivity (Wildman–Crippen MR) is 132 cm³/mol. The lowest BCUT2D eigenvalue weighted by molar-refractivity contribution is -0.534. The Bertz CT molecular complexity index is 1400. The molecule has 3 aliphatic rings. The number of ether oxygens (including phenoxy) is 1. The van der Waals surface area contributed by atoms with Gasteiger partial charge in [-0.15, -0.1) is 0 Å². The number of carbonyl (C=O) groups is 1. The normalized spacial score (nSPS) is 26.3. The van der Waals surface area contributed by atoms with Gasteiger partial charge >= 0.3 is 0 Å². The number of nitro groups is 1. The fourth-order valence-corrected chi connectivity index (χ4v) is 6.48. The summed E-state index contributed by atoms with van der Waals surface area (Å²) < 4.78 is 5.91. The molecule has 3 heterocycles. The molecule has 2 fully saturated rings. The molecule has 8 heteroatoms. The van der Waals surface area contributed by atoms with Crippen LogP contribution in [0.2, 0.25) is 0 Å². The largest absolute Gasteiger partial charge is 0.489 e. The maximum absolute atomic E-state index is 13.5. The lowest BCUT2D eigenvalue weighted by atomic mass is 9.77. The van der Waals surface area contributed by atoms with Crippen LogP contribution in [-0.4, -0.2) is 34.4 Å². The Balaban J connectivity index is 1.34. The van der Waals surface area contributed by atoms with E-state index in [2.05, 4.69) is 16.3 Å². The second-order valence-electron chi connectivity index (χ2n) is 9.55. The van der Waals surface area contributed by atoms with Crippen LogP contribution in [0.1, 0.15) is 41.0 Å². The van der Waals surface area contributed by atoms with Gasteiger partial charge in [-0.25, -0.2) is 0 Å². The number of para-hydroxylation sites is 1. The van der Waals surface area contributed by atoms with Gasteiger partial charge in [0.05, 0.1) is 17.6 Å². The highest BCUT2D eigenvalue weighted by molar-refractivity contribution is 6.07. The van der Waals surface area contributed by atoms with Gasteiger partial charge in [-0.3, -0.25) is 19.8 Å². The summed E-state index contributed by atoms with van der Waals surface area (Å²) in [6.07, 6.45) is 1.69. The van der Waals surface area contributed by atoms with Gasteiger partial charge in [0.1, 0.15) is 12.4 Å². The first-order valence-electron chi connectivity index (χ1n) is 12.1. The Labute approximate surface area is 208 Å². The maximum Gasteiger partial charge on any atom is 0.256 e. The molecule has 0 bridgehead atoms. The van der Waals surface area contributed by atoms with Gasteiger partial charge in [-0.05, 0) is 42.7 Å². The molecule has 0 saturated carbocycles. The van der Waals surface area contributed by atoms with Crippen LogP contribution in [0.25, 0.3) is 0 Å². The van der Waals surface area contributed by atoms with E-state index in [0.29, 0.717) is 29.1 Å². The smallest absolute Gasteiger partial charge is 0.256 e. The molecule has 0 unspecified atom stereocenters. The Hall–Kier alpha value is -4.22. The molecule has 8 nitrogen and oxygen atoms in total. The second-order valence-corrected chi connectivity index (χ2v) is 9.55. The highest BCUT2D eigenvalue weighted by Crippen LogP contribution is 2.58. The number of anilines is 1. The molecule has 0 aromatic heterocycles. The van der Waals surface area contributed by atoms with Crippen molar-refractivity contribution in [3.63, 3.8) is 0 Å². The second kappa shape index (κ2) is 8.47. The van der Waals surface area contributed by atoms with Crippen LogP contribution in [-0.2, 0) is 16.9 Å². The molecule has 0 aliphatic carbocycles. The van der Waals surface area contributed by atoms with E-state index >= 15 is 0 Å². The topological polar surface area (TPSA) is 108 Å². The van der Waals surface area contributed by atoms with Crippen molar-refractivity contribution in [2.45, 2.75) is 43.0 Å². The average Bonchev–Trinajstić information content (AvgIpc) is 3.56. The Morgan fingerprint density at radius 2 is 1.86 bits per heavy atom. The van der Waals surface area contributed by atoms with E-state index in [1.807, 2.05) is 66.7 Å². The summed E-state index contributed by atoms with van der Waals surface area (Å²) in [7, 11) is 0. The summed E-state index contributed by atoms with van der Waals surface area (Å²) in [5, 5.41) is 24.9. The molecule has 3 aliphatic heterocycles. The van der Waals surface area contributed by atoms with Crippen molar-refractivity contribution >= 4 is 11.6 Å². The maximum atomic E-state index is 13.5. The standard InChI is InChI=1S/C28H24N4O4/c29-16-19-6-1-2-7-20(19)17-36-21-13-11-18(12-14-21)25-24-10-5-15-31(24)28(26(25)32(34)35)22-8-3-4-9-23(22)30-27(28)33/h1-4,6-9,11-14,24-26H,5,10,15,17H2,(H,30,33)/t24-,25+,26-,28+/m0/s1. The third-order valence-corrected chi connectivity index (χ3v) is 7.89. The van der Waals surface area contributed by atoms with Crippen LogP contribution >= 0.6 is 0 Å². The van der Waals surface area contributed by atoms with Gasteiger partial charge < -0.3 is 10.1 Å². The zero-order chi connectivity index (χ0) is 24.9. The van der Waals surface area contributed by atoms with Crippen LogP contribution in [0.3, 0.4) is 0 Å². The van der Waals surface area contributed by atoms with Gasteiger partial charge in [0.25, 0.3) is 11.9 Å². The number of benzene rings is 3. The summed E-state index contributed by atoms with van der Waals surface area (Å²) in [5.74, 6) is -0.132. The Morgan fingerprint density at radius 1 is 1.11 bits per heavy atom. The minimum Gasteiger partial charge on any atom is -0.489 e. The highest BCUT2D eigenvalue weighted by Gasteiger charge is 2.73. The van der Waals surface area contributed by atoms with Crippen LogP contribution in [0, 0.1) is 21.4 Å². The first-order valence-corrected chi connectivity index (χ1v) is 12.1. The molecule has 0 radical (unpaired) electrons. The number of hydrogen-bond acceptors (Lipinski definition) is 6. The molecule has 4 atom stereocenters. The molecule has 2 saturated heterocycles. The predicted octanol–water partition coefficient (Wildman–Crippen LogP) is 4.19. The van der Waals surface area contributed by atoms with E-state index in [0.717, 1.165) is 24.0 Å². The molecule has 3 aromatic rings. The number of carbonyl (C=O) groups excluding carboxylic acids is 1. The van der Waals surface area contributed by atoms with Crippen molar-refractivity contribution in [2.24, 2.45) is 0 Å². The molecule has 6 rings (SSSR count). The summed E-state index contributed by atoms with van der Waals surface area (Å²) in [4.78, 5) is 28.0. The summed E-state index contributed by atoms with van der Waals surface area (Å²) >= 11 is 0. The molecule has 36 heavy (non-hydrogen) atoms. The lowest BCUT2D eigenvalue weighted by Gasteiger charge is -2.32. The summed E-state index contributed by atoms with van der Waals surface area (Å²) in [5.41, 5.74) is 2.22. The fourth-order valence-electron chi connectivity index (χ4n) is 6.48. The zero-order valence-corrected chi connectivity index (χ0v) is 19.5. The lowest BCUT2D eigenvalue weighted by Crippen LogP contribution is -2.55. The monoisotopic (exact) mass is 480 g/mol. The third-order valence-electron chi connectivity index (χ3n) is 7.89. The minimum atomic E-state index is -1.32. The van der Waals surface area contributed by atoms with Crippen molar-refractivity contribution in [1.82, 2.24) is 4.90 Å². The van der Waals surface area contributed by atoms with E-state index in [-0.39, 0.29) is 23.5 Å². The van der Waals surface area contributed by atoms with Gasteiger partial charge in [0, 0.05) is 34.3 Å². The van der Waals surface area contributed by atoms with Gasteiger partial charge in [0.15, 0.2) is 5.54 Å². The number of nitrogens with one attached hydrogen (secondary N) is 1. The Kier molecular flexibility index (Phi) is 5.23. The number of amides is 1. The first-order chi connectivity index (χ1) is 17.6. The van der Waals surface area contributed by atoms with Crippen LogP contribution < -0.4 is 10.1 Å². The summed E-state index contributed by atoms with van der Waals surface area (Å²) in [6, 6.07) is 22.9. The average molecular weight is 481 g/mol. The number of hydrogen-bond donors (Lipinski definition) is 1. The molecule has 1 N–H and O–H groups in total. The van der Waals surface area contributed by atoms with E-state index in [1.54, 1.807) is 6.07 Å². The van der Waals surface area contributed by atoms with Crippen molar-refractivity contribution < 1.29 is 14.5 Å². The fraction of sp³-hybridized carbons (Fsp3) is 0.286. The Morgan fingerprint density at radius 3 is 2.64 bits per heavy atom. The third kappa shape index (κ3) is 3.13. The SMILES string of the molecule is N#Cc1ccccc1COc1ccc([C@H]2[C@H]([N+](=O)[O-])[C@]3(C(=O)Nc4ccccc43)N3CCC[C@@H]23)cc1. The van der Waals surface area contributed by atoms with Gasteiger partial charge in [-0.2, -0.15) is 5.26 Å². The number of fused-ring (bicyclic) bond motifs is 4. The number of nitrogens with zero attached hydrogens (tertiary/aromatic N) is 3. The van der Waals surface area contributed by atoms with Gasteiger partial charge in [0.2, 0.25) is 0 Å². The quantitative estimate of drug-likeness (QED) is 0.433. The molecule has 3 aromatic carbocycles. The van der Waals surface area contributed by atoms with E-state index in [1.165, 1.54) is 0 Å². The van der Waals surface area contributed by atoms with E-state index < -0.39 is 17.5 Å². The van der Waals surface area contributed by atoms with Crippen molar-refractivity contribution in [3.8, 4) is 11.8 Å². The molecular formula is C28H24N4O4. The molecule has 180 valence electrons. The highest BCUT2D eigenvalue weighted by atomic mass is 16.6. The van der Waals surface area contributed by atoms with E-state index in [4.69, 9.17) is 4.74 Å². The zero-order valence-electron chi connectivity index (χ0n) is 19.5. The van der Waals surface area contributed by atoms with Crippen molar-refractivity contribution in [2.75, 3.05) is 11.9 Å². The number of nitriles is 1. The van der Waals surface area contributed by atoms with Crippen LogP contribution in [0.5, 0.6) is 5.75 Å². The summed E-state index contributed by atoms with van der Waals surface area (Å²) in [6.45, 7) is 0.896. The number of rotatable bonds is 5.